The molecule has 0 bridgehead atoms. The summed E-state index contributed by atoms with van der Waals surface area (Å²) in [5, 5.41) is 9.30. The summed E-state index contributed by atoms with van der Waals surface area (Å²) in [5.41, 5.74) is -0.183. The number of nitrogens with zero attached hydrogens (tertiary/aromatic N) is 1. The molecule has 1 aromatic heterocycles. The molecule has 3 nitrogen and oxygen atoms in total. The summed E-state index contributed by atoms with van der Waals surface area (Å²) < 4.78 is 2.63. The molecule has 0 aromatic carbocycles. The molecule has 1 heterocycles. The van der Waals surface area contributed by atoms with Gasteiger partial charge in [-0.1, -0.05) is 0 Å². The zero-order chi connectivity index (χ0) is 10.7. The Kier molecular flexibility index (Phi) is 4.63. The molecular formula is C8H8Br2ClNO2. The SMILES string of the molecule is O=c1c(Br)cc(Br)cn1CC(O)CCl. The van der Waals surface area contributed by atoms with Crippen molar-refractivity contribution in [2.24, 2.45) is 0 Å². The number of alkyl halides is 1. The summed E-state index contributed by atoms with van der Waals surface area (Å²) in [6.45, 7) is 0.195. The fourth-order valence-corrected chi connectivity index (χ4v) is 2.33. The van der Waals surface area contributed by atoms with Gasteiger partial charge in [-0.3, -0.25) is 4.79 Å². The highest BCUT2D eigenvalue weighted by atomic mass is 79.9. The summed E-state index contributed by atoms with van der Waals surface area (Å²) in [4.78, 5) is 11.5. The molecule has 0 aliphatic rings. The molecule has 1 rings (SSSR count). The van der Waals surface area contributed by atoms with Crippen LogP contribution in [0.25, 0.3) is 0 Å². The lowest BCUT2D eigenvalue weighted by molar-refractivity contribution is 0.175. The Morgan fingerprint density at radius 2 is 2.21 bits per heavy atom. The topological polar surface area (TPSA) is 42.2 Å². The van der Waals surface area contributed by atoms with E-state index >= 15 is 0 Å². The summed E-state index contributed by atoms with van der Waals surface area (Å²) >= 11 is 11.8. The Hall–Kier alpha value is 0.160. The smallest absolute Gasteiger partial charge is 0.264 e. The lowest BCUT2D eigenvalue weighted by atomic mass is 10.4. The van der Waals surface area contributed by atoms with E-state index in [-0.39, 0.29) is 18.0 Å². The maximum absolute atomic E-state index is 11.5. The highest BCUT2D eigenvalue weighted by Gasteiger charge is 2.07. The van der Waals surface area contributed by atoms with Crippen molar-refractivity contribution < 1.29 is 5.11 Å². The fraction of sp³-hybridized carbons (Fsp3) is 0.375. The number of pyridine rings is 1. The van der Waals surface area contributed by atoms with Crippen LogP contribution in [0.4, 0.5) is 0 Å². The van der Waals surface area contributed by atoms with Gasteiger partial charge in [0.25, 0.3) is 5.56 Å². The van der Waals surface area contributed by atoms with Gasteiger partial charge in [-0.05, 0) is 37.9 Å². The Labute approximate surface area is 103 Å². The first-order valence-electron chi connectivity index (χ1n) is 3.84. The molecule has 6 heteroatoms. The summed E-state index contributed by atoms with van der Waals surface area (Å²) in [6, 6.07) is 1.66. The third kappa shape index (κ3) is 3.08. The number of rotatable bonds is 3. The molecule has 1 aromatic rings. The Bertz CT molecular complexity index is 380. The highest BCUT2D eigenvalue weighted by Crippen LogP contribution is 2.12. The van der Waals surface area contributed by atoms with Crippen molar-refractivity contribution in [2.75, 3.05) is 5.88 Å². The molecule has 78 valence electrons. The van der Waals surface area contributed by atoms with Gasteiger partial charge in [0, 0.05) is 10.7 Å². The molecule has 0 radical (unpaired) electrons. The number of hydrogen-bond donors (Lipinski definition) is 1. The third-order valence-electron chi connectivity index (χ3n) is 1.59. The summed E-state index contributed by atoms with van der Waals surface area (Å²) in [7, 11) is 0. The normalized spacial score (nSPS) is 12.9. The molecule has 0 fully saturated rings. The van der Waals surface area contributed by atoms with Gasteiger partial charge in [0.1, 0.15) is 0 Å². The van der Waals surface area contributed by atoms with Gasteiger partial charge in [-0.25, -0.2) is 0 Å². The predicted octanol–water partition coefficient (Wildman–Crippen LogP) is 1.97. The van der Waals surface area contributed by atoms with Crippen molar-refractivity contribution in [1.29, 1.82) is 0 Å². The number of aliphatic hydroxyl groups is 1. The van der Waals surface area contributed by atoms with Crippen LogP contribution in [0.2, 0.25) is 0 Å². The average molecular weight is 345 g/mol. The van der Waals surface area contributed by atoms with Crippen LogP contribution in [-0.4, -0.2) is 21.7 Å². The van der Waals surface area contributed by atoms with E-state index in [1.165, 1.54) is 4.57 Å². The van der Waals surface area contributed by atoms with E-state index in [0.717, 1.165) is 4.47 Å². The zero-order valence-corrected chi connectivity index (χ0v) is 11.0. The van der Waals surface area contributed by atoms with Crippen LogP contribution >= 0.6 is 43.5 Å². The van der Waals surface area contributed by atoms with Crippen LogP contribution in [0, 0.1) is 0 Å². The van der Waals surface area contributed by atoms with E-state index in [9.17, 15) is 9.90 Å². The van der Waals surface area contributed by atoms with Crippen LogP contribution in [0.5, 0.6) is 0 Å². The van der Waals surface area contributed by atoms with Gasteiger partial charge in [-0.2, -0.15) is 0 Å². The van der Waals surface area contributed by atoms with E-state index in [1.54, 1.807) is 12.3 Å². The Balaban J connectivity index is 3.02. The standard InChI is InChI=1S/C8H8Br2ClNO2/c9-5-1-7(10)8(14)12(3-5)4-6(13)2-11/h1,3,6,13H,2,4H2. The van der Waals surface area contributed by atoms with E-state index in [0.29, 0.717) is 4.47 Å². The quantitative estimate of drug-likeness (QED) is 0.851. The minimum absolute atomic E-state index is 0.108. The molecule has 1 atom stereocenters. The summed E-state index contributed by atoms with van der Waals surface area (Å²) in [5.74, 6) is 0.108. The molecule has 1 unspecified atom stereocenters. The molecule has 0 saturated heterocycles. The van der Waals surface area contributed by atoms with Gasteiger partial charge in [0.05, 0.1) is 23.0 Å². The van der Waals surface area contributed by atoms with Gasteiger partial charge in [0.2, 0.25) is 0 Å². The number of halogens is 3. The third-order valence-corrected chi connectivity index (χ3v) is 2.95. The van der Waals surface area contributed by atoms with E-state index in [4.69, 9.17) is 11.6 Å². The van der Waals surface area contributed by atoms with Gasteiger partial charge in [-0.15, -0.1) is 11.6 Å². The zero-order valence-electron chi connectivity index (χ0n) is 7.08. The van der Waals surface area contributed by atoms with E-state index in [2.05, 4.69) is 31.9 Å². The molecule has 0 aliphatic heterocycles. The van der Waals surface area contributed by atoms with E-state index in [1.807, 2.05) is 0 Å². The number of aliphatic hydroxyl groups excluding tert-OH is 1. The molecule has 0 amide bonds. The minimum atomic E-state index is -0.712. The van der Waals surface area contributed by atoms with Crippen LogP contribution in [0.15, 0.2) is 26.0 Å². The van der Waals surface area contributed by atoms with Gasteiger partial charge >= 0.3 is 0 Å². The molecular weight excluding hydrogens is 337 g/mol. The first-order valence-corrected chi connectivity index (χ1v) is 5.96. The van der Waals surface area contributed by atoms with Crippen molar-refractivity contribution >= 4 is 43.5 Å². The van der Waals surface area contributed by atoms with Crippen molar-refractivity contribution in [2.45, 2.75) is 12.6 Å². The molecule has 1 N–H and O–H groups in total. The largest absolute Gasteiger partial charge is 0.390 e. The van der Waals surface area contributed by atoms with Gasteiger partial charge in [0.15, 0.2) is 0 Å². The monoisotopic (exact) mass is 343 g/mol. The maximum atomic E-state index is 11.5. The first kappa shape index (κ1) is 12.2. The average Bonchev–Trinajstić information content (AvgIpc) is 2.13. The second kappa shape index (κ2) is 5.30. The van der Waals surface area contributed by atoms with Crippen LogP contribution < -0.4 is 5.56 Å². The van der Waals surface area contributed by atoms with Crippen LogP contribution in [-0.2, 0) is 6.54 Å². The van der Waals surface area contributed by atoms with Crippen molar-refractivity contribution in [3.8, 4) is 0 Å². The number of hydrogen-bond acceptors (Lipinski definition) is 2. The summed E-state index contributed by atoms with van der Waals surface area (Å²) in [6.07, 6.45) is 0.902. The molecule has 0 spiro atoms. The second-order valence-corrected chi connectivity index (χ2v) is 4.85. The van der Waals surface area contributed by atoms with Gasteiger partial charge < -0.3 is 9.67 Å². The maximum Gasteiger partial charge on any atom is 0.264 e. The van der Waals surface area contributed by atoms with Crippen LogP contribution in [0.3, 0.4) is 0 Å². The van der Waals surface area contributed by atoms with E-state index < -0.39 is 6.10 Å². The predicted molar refractivity (Wildman–Crippen MR) is 62.8 cm³/mol. The van der Waals surface area contributed by atoms with Crippen molar-refractivity contribution in [3.05, 3.63) is 31.6 Å². The molecule has 0 aliphatic carbocycles. The lowest BCUT2D eigenvalue weighted by Gasteiger charge is -2.10. The van der Waals surface area contributed by atoms with Crippen LogP contribution in [0.1, 0.15) is 0 Å². The lowest BCUT2D eigenvalue weighted by Crippen LogP contribution is -2.27. The fourth-order valence-electron chi connectivity index (χ4n) is 0.976. The number of aromatic nitrogens is 1. The van der Waals surface area contributed by atoms with Crippen molar-refractivity contribution in [3.63, 3.8) is 0 Å². The Morgan fingerprint density at radius 3 is 2.79 bits per heavy atom. The molecule has 0 saturated carbocycles. The molecule has 14 heavy (non-hydrogen) atoms. The van der Waals surface area contributed by atoms with Crippen molar-refractivity contribution in [1.82, 2.24) is 4.57 Å². The Morgan fingerprint density at radius 1 is 1.57 bits per heavy atom. The minimum Gasteiger partial charge on any atom is -0.390 e. The first-order chi connectivity index (χ1) is 6.54. The second-order valence-electron chi connectivity index (χ2n) is 2.77. The highest BCUT2D eigenvalue weighted by molar-refractivity contribution is 9.11.